The number of amides is 2. The molecular formula is C22H22F3N5O2S. The highest BCUT2D eigenvalue weighted by molar-refractivity contribution is 7.87. The summed E-state index contributed by atoms with van der Waals surface area (Å²) < 4.78 is 49.6. The SMILES string of the molecule is CN=S1CCN(C(=O)N(Cc2ccc(-c3nnc(C(F)F)o3)cc2F)c2ccccc2)CC1. The van der Waals surface area contributed by atoms with Gasteiger partial charge in [-0.3, -0.25) is 9.26 Å². The lowest BCUT2D eigenvalue weighted by Gasteiger charge is -2.34. The fraction of sp³-hybridized carbons (Fsp3) is 0.318. The Morgan fingerprint density at radius 3 is 2.52 bits per heavy atom. The van der Waals surface area contributed by atoms with Gasteiger partial charge in [-0.25, -0.2) is 9.18 Å². The number of carbonyl (C=O) groups is 1. The van der Waals surface area contributed by atoms with Gasteiger partial charge in [0, 0.05) is 48.5 Å². The largest absolute Gasteiger partial charge is 0.415 e. The quantitative estimate of drug-likeness (QED) is 0.535. The van der Waals surface area contributed by atoms with E-state index in [2.05, 4.69) is 14.6 Å². The van der Waals surface area contributed by atoms with Crippen LogP contribution in [0.2, 0.25) is 0 Å². The molecule has 0 saturated carbocycles. The van der Waals surface area contributed by atoms with Crippen LogP contribution >= 0.6 is 0 Å². The van der Waals surface area contributed by atoms with Crippen molar-refractivity contribution in [3.63, 3.8) is 0 Å². The summed E-state index contributed by atoms with van der Waals surface area (Å²) in [6.45, 7) is 1.18. The summed E-state index contributed by atoms with van der Waals surface area (Å²) >= 11 is 0. The second-order valence-corrected chi connectivity index (χ2v) is 9.40. The minimum atomic E-state index is -2.91. The zero-order valence-corrected chi connectivity index (χ0v) is 18.6. The summed E-state index contributed by atoms with van der Waals surface area (Å²) in [6, 6.07) is 13.0. The van der Waals surface area contributed by atoms with Crippen molar-refractivity contribution in [3.8, 4) is 11.5 Å². The third-order valence-corrected chi connectivity index (χ3v) is 7.10. The fourth-order valence-corrected chi connectivity index (χ4v) is 4.92. The lowest BCUT2D eigenvalue weighted by atomic mass is 10.1. The molecule has 0 aliphatic carbocycles. The number of carbonyl (C=O) groups excluding carboxylic acids is 1. The smallest absolute Gasteiger partial charge is 0.324 e. The molecule has 1 aliphatic rings. The highest BCUT2D eigenvalue weighted by atomic mass is 32.2. The molecule has 2 heterocycles. The van der Waals surface area contributed by atoms with Gasteiger partial charge in [0.1, 0.15) is 5.82 Å². The Morgan fingerprint density at radius 1 is 1.18 bits per heavy atom. The number of rotatable bonds is 5. The average Bonchev–Trinajstić information content (AvgIpc) is 3.34. The zero-order chi connectivity index (χ0) is 23.4. The normalized spacial score (nSPS) is 14.5. The molecule has 1 aliphatic heterocycles. The first kappa shape index (κ1) is 23.0. The van der Waals surface area contributed by atoms with Crippen LogP contribution in [0.1, 0.15) is 17.9 Å². The van der Waals surface area contributed by atoms with Gasteiger partial charge in [-0.1, -0.05) is 35.0 Å². The van der Waals surface area contributed by atoms with Crippen LogP contribution in [0.25, 0.3) is 11.5 Å². The highest BCUT2D eigenvalue weighted by Gasteiger charge is 2.26. The van der Waals surface area contributed by atoms with Gasteiger partial charge in [0.15, 0.2) is 0 Å². The first-order chi connectivity index (χ1) is 16.0. The number of alkyl halides is 2. The van der Waals surface area contributed by atoms with Crippen LogP contribution in [0.3, 0.4) is 0 Å². The van der Waals surface area contributed by atoms with Crippen molar-refractivity contribution in [1.82, 2.24) is 15.1 Å². The van der Waals surface area contributed by atoms with Crippen LogP contribution in [0.15, 0.2) is 57.3 Å². The zero-order valence-electron chi connectivity index (χ0n) is 17.8. The summed E-state index contributed by atoms with van der Waals surface area (Å²) in [6.07, 6.45) is -2.91. The van der Waals surface area contributed by atoms with Crippen LogP contribution in [-0.2, 0) is 17.2 Å². The molecular weight excluding hydrogens is 455 g/mol. The van der Waals surface area contributed by atoms with Crippen molar-refractivity contribution in [2.24, 2.45) is 4.36 Å². The molecule has 0 spiro atoms. The molecule has 0 N–H and O–H groups in total. The van der Waals surface area contributed by atoms with Crippen molar-refractivity contribution >= 4 is 22.4 Å². The molecule has 0 bridgehead atoms. The van der Waals surface area contributed by atoms with E-state index >= 15 is 0 Å². The first-order valence-corrected chi connectivity index (χ1v) is 11.8. The molecule has 33 heavy (non-hydrogen) atoms. The topological polar surface area (TPSA) is 74.8 Å². The summed E-state index contributed by atoms with van der Waals surface area (Å²) in [5, 5.41) is 6.81. The van der Waals surface area contributed by atoms with Crippen molar-refractivity contribution < 1.29 is 22.4 Å². The Hall–Kier alpha value is -3.21. The molecule has 11 heteroatoms. The number of halogens is 3. The second-order valence-electron chi connectivity index (χ2n) is 7.30. The maximum absolute atomic E-state index is 15.0. The number of benzene rings is 2. The van der Waals surface area contributed by atoms with Gasteiger partial charge in [0.05, 0.1) is 6.54 Å². The minimum Gasteiger partial charge on any atom is -0.415 e. The summed E-state index contributed by atoms with van der Waals surface area (Å²) in [4.78, 5) is 16.7. The molecule has 7 nitrogen and oxygen atoms in total. The van der Waals surface area contributed by atoms with Gasteiger partial charge in [-0.2, -0.15) is 8.78 Å². The van der Waals surface area contributed by atoms with E-state index in [0.717, 1.165) is 17.6 Å². The maximum Gasteiger partial charge on any atom is 0.324 e. The third-order valence-electron chi connectivity index (χ3n) is 5.28. The van der Waals surface area contributed by atoms with Gasteiger partial charge in [0.2, 0.25) is 5.89 Å². The van der Waals surface area contributed by atoms with Crippen LogP contribution in [0.4, 0.5) is 23.7 Å². The van der Waals surface area contributed by atoms with E-state index in [4.69, 9.17) is 4.42 Å². The van der Waals surface area contributed by atoms with Gasteiger partial charge in [-0.15, -0.1) is 10.2 Å². The van der Waals surface area contributed by atoms with Crippen molar-refractivity contribution in [2.45, 2.75) is 13.0 Å². The molecule has 0 radical (unpaired) electrons. The molecule has 1 fully saturated rings. The van der Waals surface area contributed by atoms with E-state index in [1.807, 2.05) is 18.2 Å². The van der Waals surface area contributed by atoms with Gasteiger partial charge in [-0.05, 0) is 24.3 Å². The van der Waals surface area contributed by atoms with E-state index < -0.39 is 18.1 Å². The van der Waals surface area contributed by atoms with Crippen molar-refractivity contribution in [3.05, 3.63) is 65.8 Å². The molecule has 4 rings (SSSR count). The van der Waals surface area contributed by atoms with Crippen LogP contribution in [0, 0.1) is 5.82 Å². The van der Waals surface area contributed by atoms with Crippen molar-refractivity contribution in [1.29, 1.82) is 0 Å². The molecule has 174 valence electrons. The highest BCUT2D eigenvalue weighted by Crippen LogP contribution is 2.26. The van der Waals surface area contributed by atoms with Gasteiger partial charge < -0.3 is 9.32 Å². The lowest BCUT2D eigenvalue weighted by Crippen LogP contribution is -2.48. The van der Waals surface area contributed by atoms with E-state index in [9.17, 15) is 18.0 Å². The summed E-state index contributed by atoms with van der Waals surface area (Å²) in [7, 11) is 1.77. The summed E-state index contributed by atoms with van der Waals surface area (Å²) in [5.74, 6) is 0.00706. The monoisotopic (exact) mass is 477 g/mol. The molecule has 1 saturated heterocycles. The van der Waals surface area contributed by atoms with E-state index in [1.165, 1.54) is 17.0 Å². The predicted octanol–water partition coefficient (Wildman–Crippen LogP) is 4.69. The van der Waals surface area contributed by atoms with Crippen LogP contribution < -0.4 is 4.90 Å². The third kappa shape index (κ3) is 5.24. The predicted molar refractivity (Wildman–Crippen MR) is 120 cm³/mol. The second kappa shape index (κ2) is 10.2. The average molecular weight is 478 g/mol. The number of nitrogens with zero attached hydrogens (tertiary/aromatic N) is 5. The molecule has 2 amide bonds. The lowest BCUT2D eigenvalue weighted by molar-refractivity contribution is 0.116. The molecule has 0 unspecified atom stereocenters. The Morgan fingerprint density at radius 2 is 1.91 bits per heavy atom. The minimum absolute atomic E-state index is 0.00143. The van der Waals surface area contributed by atoms with Gasteiger partial charge >= 0.3 is 12.5 Å². The number of hydrogen-bond acceptors (Lipinski definition) is 5. The van der Waals surface area contributed by atoms with Crippen LogP contribution in [-0.4, -0.2) is 52.8 Å². The Bertz CT molecular complexity index is 1150. The van der Waals surface area contributed by atoms with E-state index in [0.29, 0.717) is 18.8 Å². The standard InChI is InChI=1S/C22H22F3N5O2S/c1-26-33-11-9-29(10-12-33)22(31)30(17-5-3-2-4-6-17)14-16-8-7-15(13-18(16)23)20-27-28-21(32-20)19(24)25/h2-8,13,19H,9-12,14H2,1H3. The van der Waals surface area contributed by atoms with Crippen LogP contribution in [0.5, 0.6) is 0 Å². The molecule has 0 atom stereocenters. The van der Waals surface area contributed by atoms with E-state index in [-0.39, 0.29) is 40.3 Å². The Labute approximate surface area is 191 Å². The van der Waals surface area contributed by atoms with E-state index in [1.54, 1.807) is 24.1 Å². The molecule has 2 aromatic carbocycles. The number of aromatic nitrogens is 2. The number of urea groups is 1. The fourth-order valence-electron chi connectivity index (χ4n) is 3.49. The number of hydrogen-bond donors (Lipinski definition) is 0. The number of anilines is 1. The molecule has 1 aromatic heterocycles. The Kier molecular flexibility index (Phi) is 7.07. The first-order valence-electron chi connectivity index (χ1n) is 10.3. The van der Waals surface area contributed by atoms with Crippen molar-refractivity contribution in [2.75, 3.05) is 36.5 Å². The summed E-state index contributed by atoms with van der Waals surface area (Å²) in [5.41, 5.74) is 1.10. The Balaban J connectivity index is 1.58. The number of para-hydroxylation sites is 1. The maximum atomic E-state index is 15.0. The molecule has 3 aromatic rings. The van der Waals surface area contributed by atoms with Gasteiger partial charge in [0.25, 0.3) is 5.89 Å².